The summed E-state index contributed by atoms with van der Waals surface area (Å²) in [6, 6.07) is 0.405. The number of nitrogens with zero attached hydrogens (tertiary/aromatic N) is 2. The highest BCUT2D eigenvalue weighted by molar-refractivity contribution is 4.73. The Morgan fingerprint density at radius 2 is 2.43 bits per heavy atom. The monoisotopic (exact) mass is 197 g/mol. The number of rotatable bonds is 7. The predicted octanol–water partition coefficient (Wildman–Crippen LogP) is 0.634. The van der Waals surface area contributed by atoms with E-state index in [4.69, 9.17) is 5.11 Å². The molecular formula is C10H19N3O. The van der Waals surface area contributed by atoms with E-state index in [2.05, 4.69) is 21.8 Å². The summed E-state index contributed by atoms with van der Waals surface area (Å²) in [5.41, 5.74) is 0. The molecule has 2 N–H and O–H groups in total. The summed E-state index contributed by atoms with van der Waals surface area (Å²) in [5, 5.41) is 12.0. The normalized spacial score (nSPS) is 13.0. The van der Waals surface area contributed by atoms with Crippen LogP contribution < -0.4 is 5.32 Å². The van der Waals surface area contributed by atoms with Crippen molar-refractivity contribution < 1.29 is 5.11 Å². The van der Waals surface area contributed by atoms with Crippen molar-refractivity contribution in [1.82, 2.24) is 14.9 Å². The topological polar surface area (TPSA) is 50.1 Å². The second-order valence-electron chi connectivity index (χ2n) is 3.52. The molecule has 0 aliphatic rings. The maximum absolute atomic E-state index is 8.69. The third-order valence-corrected chi connectivity index (χ3v) is 2.21. The lowest BCUT2D eigenvalue weighted by Gasteiger charge is -2.11. The van der Waals surface area contributed by atoms with E-state index in [9.17, 15) is 0 Å². The molecule has 0 spiro atoms. The quantitative estimate of drug-likeness (QED) is 0.630. The van der Waals surface area contributed by atoms with Crippen LogP contribution in [0.15, 0.2) is 18.7 Å². The van der Waals surface area contributed by atoms with E-state index in [-0.39, 0.29) is 6.61 Å². The average Bonchev–Trinajstić information content (AvgIpc) is 2.65. The van der Waals surface area contributed by atoms with Gasteiger partial charge in [0.15, 0.2) is 0 Å². The van der Waals surface area contributed by atoms with Crippen LogP contribution >= 0.6 is 0 Å². The van der Waals surface area contributed by atoms with Crippen molar-refractivity contribution in [2.45, 2.75) is 32.4 Å². The van der Waals surface area contributed by atoms with E-state index >= 15 is 0 Å². The van der Waals surface area contributed by atoms with Gasteiger partial charge in [-0.25, -0.2) is 4.98 Å². The highest BCUT2D eigenvalue weighted by atomic mass is 16.3. The molecule has 80 valence electrons. The summed E-state index contributed by atoms with van der Waals surface area (Å²) >= 11 is 0. The molecule has 0 saturated heterocycles. The maximum atomic E-state index is 8.69. The summed E-state index contributed by atoms with van der Waals surface area (Å²) in [5.74, 6) is 0. The van der Waals surface area contributed by atoms with E-state index in [0.29, 0.717) is 6.04 Å². The Morgan fingerprint density at radius 1 is 1.57 bits per heavy atom. The van der Waals surface area contributed by atoms with E-state index in [0.717, 1.165) is 25.9 Å². The van der Waals surface area contributed by atoms with Crippen LogP contribution in [0.3, 0.4) is 0 Å². The molecule has 0 fully saturated rings. The predicted molar refractivity (Wildman–Crippen MR) is 56.0 cm³/mol. The molecule has 1 heterocycles. The summed E-state index contributed by atoms with van der Waals surface area (Å²) in [4.78, 5) is 3.97. The Bertz CT molecular complexity index is 223. The third kappa shape index (κ3) is 4.39. The van der Waals surface area contributed by atoms with Crippen molar-refractivity contribution in [3.05, 3.63) is 18.7 Å². The minimum atomic E-state index is 0.260. The second kappa shape index (κ2) is 6.56. The average molecular weight is 197 g/mol. The zero-order valence-electron chi connectivity index (χ0n) is 8.69. The highest BCUT2D eigenvalue weighted by Crippen LogP contribution is 1.92. The Hall–Kier alpha value is -0.870. The molecule has 14 heavy (non-hydrogen) atoms. The molecule has 1 rings (SSSR count). The highest BCUT2D eigenvalue weighted by Gasteiger charge is 1.98. The van der Waals surface area contributed by atoms with Gasteiger partial charge in [-0.3, -0.25) is 0 Å². The van der Waals surface area contributed by atoms with Crippen LogP contribution in [0.2, 0.25) is 0 Å². The first-order valence-electron chi connectivity index (χ1n) is 5.13. The lowest BCUT2D eigenvalue weighted by molar-refractivity contribution is 0.268. The molecule has 1 aromatic heterocycles. The standard InChI is InChI=1S/C10H19N3O/c1-10(3-8-14)12-4-2-6-13-7-5-11-9-13/h5,7,9-10,12,14H,2-4,6,8H2,1H3. The van der Waals surface area contributed by atoms with E-state index in [1.807, 2.05) is 12.5 Å². The van der Waals surface area contributed by atoms with Gasteiger partial charge in [-0.05, 0) is 26.3 Å². The molecule has 1 aromatic rings. The summed E-state index contributed by atoms with van der Waals surface area (Å²) < 4.78 is 2.07. The van der Waals surface area contributed by atoms with Crippen molar-refractivity contribution in [2.75, 3.05) is 13.2 Å². The van der Waals surface area contributed by atoms with Gasteiger partial charge in [-0.1, -0.05) is 0 Å². The van der Waals surface area contributed by atoms with E-state index in [1.165, 1.54) is 0 Å². The van der Waals surface area contributed by atoms with Crippen LogP contribution in [0.1, 0.15) is 19.8 Å². The zero-order chi connectivity index (χ0) is 10.2. The Morgan fingerprint density at radius 3 is 3.07 bits per heavy atom. The molecule has 0 aromatic carbocycles. The third-order valence-electron chi connectivity index (χ3n) is 2.21. The lowest BCUT2D eigenvalue weighted by atomic mass is 10.2. The van der Waals surface area contributed by atoms with E-state index < -0.39 is 0 Å². The summed E-state index contributed by atoms with van der Waals surface area (Å²) in [6.45, 7) is 4.33. The Kier molecular flexibility index (Phi) is 5.25. The van der Waals surface area contributed by atoms with Gasteiger partial charge in [0.1, 0.15) is 0 Å². The van der Waals surface area contributed by atoms with Crippen molar-refractivity contribution in [2.24, 2.45) is 0 Å². The number of imidazole rings is 1. The van der Waals surface area contributed by atoms with E-state index in [1.54, 1.807) is 6.20 Å². The molecule has 1 unspecified atom stereocenters. The Labute approximate surface area is 85.0 Å². The molecule has 1 atom stereocenters. The first kappa shape index (κ1) is 11.2. The fourth-order valence-corrected chi connectivity index (χ4v) is 1.32. The molecule has 0 bridgehead atoms. The maximum Gasteiger partial charge on any atom is 0.0945 e. The fourth-order valence-electron chi connectivity index (χ4n) is 1.32. The van der Waals surface area contributed by atoms with Gasteiger partial charge in [0.2, 0.25) is 0 Å². The smallest absolute Gasteiger partial charge is 0.0945 e. The van der Waals surface area contributed by atoms with Crippen molar-refractivity contribution in [3.8, 4) is 0 Å². The summed E-state index contributed by atoms with van der Waals surface area (Å²) in [6.07, 6.45) is 7.51. The van der Waals surface area contributed by atoms with Gasteiger partial charge >= 0.3 is 0 Å². The Balaban J connectivity index is 1.99. The van der Waals surface area contributed by atoms with Gasteiger partial charge < -0.3 is 15.0 Å². The van der Waals surface area contributed by atoms with Crippen molar-refractivity contribution in [3.63, 3.8) is 0 Å². The van der Waals surface area contributed by atoms with Crippen LogP contribution in [0.4, 0.5) is 0 Å². The molecule has 0 saturated carbocycles. The molecule has 4 nitrogen and oxygen atoms in total. The van der Waals surface area contributed by atoms with Crippen LogP contribution in [-0.4, -0.2) is 33.9 Å². The van der Waals surface area contributed by atoms with Gasteiger partial charge in [0.05, 0.1) is 6.33 Å². The molecule has 4 heteroatoms. The number of hydrogen-bond acceptors (Lipinski definition) is 3. The first-order chi connectivity index (χ1) is 6.83. The molecule has 0 radical (unpaired) electrons. The van der Waals surface area contributed by atoms with Crippen molar-refractivity contribution in [1.29, 1.82) is 0 Å². The molecule has 0 aliphatic carbocycles. The van der Waals surface area contributed by atoms with Crippen LogP contribution in [-0.2, 0) is 6.54 Å². The number of aromatic nitrogens is 2. The number of hydrogen-bond donors (Lipinski definition) is 2. The fraction of sp³-hybridized carbons (Fsp3) is 0.700. The van der Waals surface area contributed by atoms with Gasteiger partial charge in [0, 0.05) is 31.6 Å². The number of nitrogens with one attached hydrogen (secondary N) is 1. The SMILES string of the molecule is CC(CCO)NCCCn1ccnc1. The van der Waals surface area contributed by atoms with Gasteiger partial charge in [-0.15, -0.1) is 0 Å². The number of aliphatic hydroxyl groups excluding tert-OH is 1. The second-order valence-corrected chi connectivity index (χ2v) is 3.52. The summed E-state index contributed by atoms with van der Waals surface area (Å²) in [7, 11) is 0. The lowest BCUT2D eigenvalue weighted by Crippen LogP contribution is -2.28. The van der Waals surface area contributed by atoms with Gasteiger partial charge in [0.25, 0.3) is 0 Å². The molecule has 0 amide bonds. The zero-order valence-corrected chi connectivity index (χ0v) is 8.69. The van der Waals surface area contributed by atoms with Crippen molar-refractivity contribution >= 4 is 0 Å². The molecule has 0 aliphatic heterocycles. The number of aryl methyl sites for hydroxylation is 1. The molecular weight excluding hydrogens is 178 g/mol. The van der Waals surface area contributed by atoms with Crippen LogP contribution in [0, 0.1) is 0 Å². The first-order valence-corrected chi connectivity index (χ1v) is 5.13. The number of aliphatic hydroxyl groups is 1. The van der Waals surface area contributed by atoms with Crippen LogP contribution in [0.25, 0.3) is 0 Å². The van der Waals surface area contributed by atoms with Crippen LogP contribution in [0.5, 0.6) is 0 Å². The largest absolute Gasteiger partial charge is 0.396 e. The minimum absolute atomic E-state index is 0.260. The van der Waals surface area contributed by atoms with Gasteiger partial charge in [-0.2, -0.15) is 0 Å². The minimum Gasteiger partial charge on any atom is -0.396 e.